The first-order valence-electron chi connectivity index (χ1n) is 10.1. The molecule has 3 aromatic carbocycles. The van der Waals surface area contributed by atoms with Crippen molar-refractivity contribution in [2.45, 2.75) is 20.4 Å². The SMILES string of the molecule is CC(C)COc1ccc(C(=O)Nc2ccc(C(=O)NCc3ccccc3)cc2)cc1Br. The molecule has 0 saturated carbocycles. The summed E-state index contributed by atoms with van der Waals surface area (Å²) in [5, 5.41) is 5.73. The molecule has 0 aromatic heterocycles. The van der Waals surface area contributed by atoms with Crippen LogP contribution in [0.1, 0.15) is 40.1 Å². The van der Waals surface area contributed by atoms with Crippen molar-refractivity contribution in [3.8, 4) is 5.75 Å². The third-order valence-electron chi connectivity index (χ3n) is 4.47. The third-order valence-corrected chi connectivity index (χ3v) is 5.09. The molecule has 2 N–H and O–H groups in total. The molecule has 0 aliphatic rings. The third kappa shape index (κ3) is 6.69. The van der Waals surface area contributed by atoms with E-state index in [1.54, 1.807) is 42.5 Å². The van der Waals surface area contributed by atoms with E-state index in [0.717, 1.165) is 10.0 Å². The number of hydrogen-bond donors (Lipinski definition) is 2. The Balaban J connectivity index is 1.57. The fraction of sp³-hybridized carbons (Fsp3) is 0.200. The number of halogens is 1. The summed E-state index contributed by atoms with van der Waals surface area (Å²) in [6, 6.07) is 21.8. The molecule has 0 atom stereocenters. The molecule has 0 radical (unpaired) electrons. The molecule has 0 spiro atoms. The summed E-state index contributed by atoms with van der Waals surface area (Å²) < 4.78 is 6.45. The highest BCUT2D eigenvalue weighted by Gasteiger charge is 2.11. The van der Waals surface area contributed by atoms with Crippen LogP contribution < -0.4 is 15.4 Å². The van der Waals surface area contributed by atoms with Gasteiger partial charge in [0.05, 0.1) is 11.1 Å². The Bertz CT molecular complexity index is 1030. The van der Waals surface area contributed by atoms with Crippen molar-refractivity contribution < 1.29 is 14.3 Å². The van der Waals surface area contributed by atoms with E-state index in [4.69, 9.17) is 4.74 Å². The number of hydrogen-bond acceptors (Lipinski definition) is 3. The lowest BCUT2D eigenvalue weighted by Gasteiger charge is -2.12. The maximum Gasteiger partial charge on any atom is 0.255 e. The van der Waals surface area contributed by atoms with Gasteiger partial charge in [0, 0.05) is 23.4 Å². The van der Waals surface area contributed by atoms with Gasteiger partial charge in [0.15, 0.2) is 0 Å². The molecule has 31 heavy (non-hydrogen) atoms. The van der Waals surface area contributed by atoms with Crippen LogP contribution in [0.5, 0.6) is 5.75 Å². The molecule has 0 heterocycles. The van der Waals surface area contributed by atoms with Crippen LogP contribution in [0, 0.1) is 5.92 Å². The zero-order chi connectivity index (χ0) is 22.2. The van der Waals surface area contributed by atoms with Gasteiger partial charge in [-0.1, -0.05) is 44.2 Å². The average Bonchev–Trinajstić information content (AvgIpc) is 2.77. The highest BCUT2D eigenvalue weighted by atomic mass is 79.9. The topological polar surface area (TPSA) is 67.4 Å². The Labute approximate surface area is 191 Å². The van der Waals surface area contributed by atoms with Crippen molar-refractivity contribution in [1.82, 2.24) is 5.32 Å². The van der Waals surface area contributed by atoms with Crippen molar-refractivity contribution in [2.75, 3.05) is 11.9 Å². The second-order valence-corrected chi connectivity index (χ2v) is 8.40. The minimum Gasteiger partial charge on any atom is -0.492 e. The van der Waals surface area contributed by atoms with Crippen molar-refractivity contribution in [3.63, 3.8) is 0 Å². The van der Waals surface area contributed by atoms with Crippen LogP contribution in [0.15, 0.2) is 77.3 Å². The number of rotatable bonds is 8. The van der Waals surface area contributed by atoms with Gasteiger partial charge in [-0.15, -0.1) is 0 Å². The molecule has 3 aromatic rings. The van der Waals surface area contributed by atoms with Crippen molar-refractivity contribution >= 4 is 33.4 Å². The number of carbonyl (C=O) groups is 2. The largest absolute Gasteiger partial charge is 0.492 e. The average molecular weight is 481 g/mol. The first-order chi connectivity index (χ1) is 14.9. The molecule has 6 heteroatoms. The summed E-state index contributed by atoms with van der Waals surface area (Å²) in [6.07, 6.45) is 0. The highest BCUT2D eigenvalue weighted by molar-refractivity contribution is 9.10. The summed E-state index contributed by atoms with van der Waals surface area (Å²) in [6.45, 7) is 5.22. The predicted octanol–water partition coefficient (Wildman–Crippen LogP) is 5.67. The number of benzene rings is 3. The van der Waals surface area contributed by atoms with Crippen LogP contribution >= 0.6 is 15.9 Å². The smallest absolute Gasteiger partial charge is 0.255 e. The number of nitrogens with one attached hydrogen (secondary N) is 2. The Kier molecular flexibility index (Phi) is 7.84. The van der Waals surface area contributed by atoms with Gasteiger partial charge in [-0.2, -0.15) is 0 Å². The second kappa shape index (κ2) is 10.8. The summed E-state index contributed by atoms with van der Waals surface area (Å²) in [5.41, 5.74) is 2.68. The molecule has 0 unspecified atom stereocenters. The monoisotopic (exact) mass is 480 g/mol. The van der Waals surface area contributed by atoms with Crippen LogP contribution in [0.25, 0.3) is 0 Å². The number of ether oxygens (including phenoxy) is 1. The Morgan fingerprint density at radius 2 is 1.58 bits per heavy atom. The van der Waals surface area contributed by atoms with Gasteiger partial charge in [-0.25, -0.2) is 0 Å². The van der Waals surface area contributed by atoms with Gasteiger partial charge in [0.1, 0.15) is 5.75 Å². The zero-order valence-corrected chi connectivity index (χ0v) is 19.1. The van der Waals surface area contributed by atoms with Gasteiger partial charge in [-0.3, -0.25) is 9.59 Å². The lowest BCUT2D eigenvalue weighted by molar-refractivity contribution is 0.0950. The first kappa shape index (κ1) is 22.6. The van der Waals surface area contributed by atoms with Gasteiger partial charge in [0.2, 0.25) is 0 Å². The molecular formula is C25H25BrN2O3. The van der Waals surface area contributed by atoms with Crippen molar-refractivity contribution in [3.05, 3.63) is 94.0 Å². The van der Waals surface area contributed by atoms with Crippen molar-refractivity contribution in [2.24, 2.45) is 5.92 Å². The zero-order valence-electron chi connectivity index (χ0n) is 17.5. The Morgan fingerprint density at radius 3 is 2.23 bits per heavy atom. The van der Waals surface area contributed by atoms with Crippen LogP contribution in [-0.4, -0.2) is 18.4 Å². The quantitative estimate of drug-likeness (QED) is 0.436. The molecule has 3 rings (SSSR count). The summed E-state index contributed by atoms with van der Waals surface area (Å²) in [4.78, 5) is 24.9. The highest BCUT2D eigenvalue weighted by Crippen LogP contribution is 2.27. The molecule has 160 valence electrons. The van der Waals surface area contributed by atoms with E-state index in [-0.39, 0.29) is 11.8 Å². The van der Waals surface area contributed by atoms with Crippen LogP contribution in [-0.2, 0) is 6.54 Å². The van der Waals surface area contributed by atoms with Crippen molar-refractivity contribution in [1.29, 1.82) is 0 Å². The van der Waals surface area contributed by atoms with E-state index in [9.17, 15) is 9.59 Å². The molecule has 0 saturated heterocycles. The number of anilines is 1. The lowest BCUT2D eigenvalue weighted by atomic mass is 10.1. The second-order valence-electron chi connectivity index (χ2n) is 7.55. The molecule has 0 bridgehead atoms. The lowest BCUT2D eigenvalue weighted by Crippen LogP contribution is -2.22. The Morgan fingerprint density at radius 1 is 0.903 bits per heavy atom. The van der Waals surface area contributed by atoms with E-state index in [1.165, 1.54) is 0 Å². The predicted molar refractivity (Wildman–Crippen MR) is 126 cm³/mol. The fourth-order valence-corrected chi connectivity index (χ4v) is 3.30. The summed E-state index contributed by atoms with van der Waals surface area (Å²) in [7, 11) is 0. The molecule has 0 aliphatic carbocycles. The summed E-state index contributed by atoms with van der Waals surface area (Å²) >= 11 is 3.46. The maximum atomic E-state index is 12.6. The molecular weight excluding hydrogens is 456 g/mol. The van der Waals surface area contributed by atoms with Gasteiger partial charge >= 0.3 is 0 Å². The van der Waals surface area contributed by atoms with Gasteiger partial charge < -0.3 is 15.4 Å². The summed E-state index contributed by atoms with van der Waals surface area (Å²) in [5.74, 6) is 0.717. The fourth-order valence-electron chi connectivity index (χ4n) is 2.80. The molecule has 2 amide bonds. The van der Waals surface area contributed by atoms with E-state index >= 15 is 0 Å². The molecule has 5 nitrogen and oxygen atoms in total. The van der Waals surface area contributed by atoms with Gasteiger partial charge in [0.25, 0.3) is 11.8 Å². The van der Waals surface area contributed by atoms with Crippen LogP contribution in [0.2, 0.25) is 0 Å². The normalized spacial score (nSPS) is 10.6. The minimum absolute atomic E-state index is 0.164. The van der Waals surface area contributed by atoms with E-state index in [1.807, 2.05) is 30.3 Å². The number of carbonyl (C=O) groups excluding carboxylic acids is 2. The molecule has 0 fully saturated rings. The Hall–Kier alpha value is -3.12. The minimum atomic E-state index is -0.239. The van der Waals surface area contributed by atoms with Crippen LogP contribution in [0.3, 0.4) is 0 Å². The van der Waals surface area contributed by atoms with E-state index in [0.29, 0.717) is 41.6 Å². The van der Waals surface area contributed by atoms with Crippen LogP contribution in [0.4, 0.5) is 5.69 Å². The number of amides is 2. The first-order valence-corrected chi connectivity index (χ1v) is 10.9. The molecule has 0 aliphatic heterocycles. The van der Waals surface area contributed by atoms with E-state index in [2.05, 4.69) is 40.4 Å². The standard InChI is InChI=1S/C25H25BrN2O3/c1-17(2)16-31-23-13-10-20(14-22(23)26)25(30)28-21-11-8-19(9-12-21)24(29)27-15-18-6-4-3-5-7-18/h3-14,17H,15-16H2,1-2H3,(H,27,29)(H,28,30). The van der Waals surface area contributed by atoms with E-state index < -0.39 is 0 Å². The maximum absolute atomic E-state index is 12.6. The van der Waals surface area contributed by atoms with Gasteiger partial charge in [-0.05, 0) is 69.9 Å².